The second-order valence-corrected chi connectivity index (χ2v) is 4.89. The van der Waals surface area contributed by atoms with Gasteiger partial charge in [0.05, 0.1) is 6.21 Å². The van der Waals surface area contributed by atoms with Crippen LogP contribution in [0, 0.1) is 5.92 Å². The number of nitrogens with zero attached hydrogens (tertiary/aromatic N) is 2. The molecular weight excluding hydrogens is 264 g/mol. The van der Waals surface area contributed by atoms with E-state index in [0.717, 1.165) is 32.0 Å². The van der Waals surface area contributed by atoms with E-state index in [1.54, 1.807) is 0 Å². The summed E-state index contributed by atoms with van der Waals surface area (Å²) in [5, 5.41) is 18.8. The molecule has 1 fully saturated rings. The van der Waals surface area contributed by atoms with E-state index in [4.69, 9.17) is 24.6 Å². The van der Waals surface area contributed by atoms with Gasteiger partial charge in [-0.05, 0) is 37.8 Å². The number of carbonyl (C=O) groups is 2. The largest absolute Gasteiger partial charge is 0.473 e. The van der Waals surface area contributed by atoms with Crippen molar-refractivity contribution in [3.8, 4) is 0 Å². The normalized spacial score (nSPS) is 18.9. The Morgan fingerprint density at radius 2 is 2.10 bits per heavy atom. The maximum Gasteiger partial charge on any atom is 0.414 e. The maximum absolute atomic E-state index is 9.10. The van der Waals surface area contributed by atoms with Crippen LogP contribution in [0.5, 0.6) is 0 Å². The Hall–Kier alpha value is -1.89. The molecule has 0 saturated heterocycles. The average Bonchev–Trinajstić information content (AvgIpc) is 3.19. The van der Waals surface area contributed by atoms with Gasteiger partial charge in [0.2, 0.25) is 0 Å². The number of carboxylic acids is 2. The Kier molecular flexibility index (Phi) is 6.72. The molecule has 2 rings (SSSR count). The molecule has 7 nitrogen and oxygen atoms in total. The number of carboxylic acid groups (broad SMARTS) is 2. The Morgan fingerprint density at radius 1 is 1.45 bits per heavy atom. The minimum Gasteiger partial charge on any atom is -0.473 e. The number of hydrogen-bond donors (Lipinski definition) is 2. The Morgan fingerprint density at radius 3 is 2.60 bits per heavy atom. The van der Waals surface area contributed by atoms with Gasteiger partial charge in [0.1, 0.15) is 6.61 Å². The van der Waals surface area contributed by atoms with Crippen molar-refractivity contribution in [1.29, 1.82) is 0 Å². The molecule has 0 radical (unpaired) electrons. The van der Waals surface area contributed by atoms with Crippen molar-refractivity contribution < 1.29 is 24.6 Å². The Balaban J connectivity index is 0.000000286. The summed E-state index contributed by atoms with van der Waals surface area (Å²) in [6, 6.07) is 0. The lowest BCUT2D eigenvalue weighted by molar-refractivity contribution is -0.159. The predicted molar refractivity (Wildman–Crippen MR) is 72.6 cm³/mol. The van der Waals surface area contributed by atoms with Crippen LogP contribution in [0.3, 0.4) is 0 Å². The molecule has 2 aliphatic rings. The van der Waals surface area contributed by atoms with E-state index >= 15 is 0 Å². The van der Waals surface area contributed by atoms with Gasteiger partial charge in [0, 0.05) is 13.1 Å². The van der Waals surface area contributed by atoms with Gasteiger partial charge in [0.25, 0.3) is 0 Å². The van der Waals surface area contributed by atoms with Gasteiger partial charge in [0.15, 0.2) is 0 Å². The smallest absolute Gasteiger partial charge is 0.414 e. The number of rotatable bonds is 4. The van der Waals surface area contributed by atoms with Crippen LogP contribution < -0.4 is 0 Å². The van der Waals surface area contributed by atoms with E-state index < -0.39 is 11.9 Å². The quantitative estimate of drug-likeness (QED) is 0.450. The summed E-state index contributed by atoms with van der Waals surface area (Å²) in [7, 11) is 2.13. The Labute approximate surface area is 117 Å². The van der Waals surface area contributed by atoms with E-state index in [9.17, 15) is 0 Å². The first-order valence-electron chi connectivity index (χ1n) is 6.48. The summed E-state index contributed by atoms with van der Waals surface area (Å²) in [4.78, 5) is 25.7. The second-order valence-electron chi connectivity index (χ2n) is 4.89. The van der Waals surface area contributed by atoms with Crippen molar-refractivity contribution in [3.05, 3.63) is 11.6 Å². The van der Waals surface area contributed by atoms with Crippen molar-refractivity contribution in [1.82, 2.24) is 4.90 Å². The number of likely N-dealkylation sites (N-methyl/N-ethyl adjacent to an activating group) is 1. The minimum atomic E-state index is -1.82. The first kappa shape index (κ1) is 16.2. The third-order valence-electron chi connectivity index (χ3n) is 2.85. The summed E-state index contributed by atoms with van der Waals surface area (Å²) in [6.45, 7) is 2.95. The lowest BCUT2D eigenvalue weighted by Crippen LogP contribution is -2.25. The van der Waals surface area contributed by atoms with Crippen LogP contribution in [0.15, 0.2) is 16.8 Å². The molecule has 20 heavy (non-hydrogen) atoms. The zero-order chi connectivity index (χ0) is 15.0. The topological polar surface area (TPSA) is 99.4 Å². The molecule has 0 unspecified atom stereocenters. The van der Waals surface area contributed by atoms with Gasteiger partial charge in [-0.2, -0.15) is 0 Å². The minimum absolute atomic E-state index is 0.787. The monoisotopic (exact) mass is 284 g/mol. The molecule has 0 aromatic heterocycles. The van der Waals surface area contributed by atoms with Gasteiger partial charge in [-0.3, -0.25) is 0 Å². The van der Waals surface area contributed by atoms with Crippen molar-refractivity contribution in [2.75, 3.05) is 26.7 Å². The molecule has 1 saturated carbocycles. The molecule has 1 heterocycles. The zero-order valence-corrected chi connectivity index (χ0v) is 11.5. The van der Waals surface area contributed by atoms with Crippen molar-refractivity contribution in [3.63, 3.8) is 0 Å². The van der Waals surface area contributed by atoms with Crippen LogP contribution in [0.1, 0.15) is 19.3 Å². The molecule has 7 heteroatoms. The summed E-state index contributed by atoms with van der Waals surface area (Å²) >= 11 is 0. The molecule has 1 aliphatic heterocycles. The van der Waals surface area contributed by atoms with Crippen LogP contribution in [-0.2, 0) is 14.4 Å². The van der Waals surface area contributed by atoms with Crippen molar-refractivity contribution in [2.24, 2.45) is 11.1 Å². The van der Waals surface area contributed by atoms with Gasteiger partial charge < -0.3 is 20.0 Å². The van der Waals surface area contributed by atoms with E-state index in [2.05, 4.69) is 23.2 Å². The molecular formula is C13H20N2O5. The predicted octanol–water partition coefficient (Wildman–Crippen LogP) is 0.816. The van der Waals surface area contributed by atoms with Gasteiger partial charge in [-0.1, -0.05) is 11.2 Å². The fraction of sp³-hybridized carbons (Fsp3) is 0.615. The van der Waals surface area contributed by atoms with E-state index in [0.29, 0.717) is 0 Å². The van der Waals surface area contributed by atoms with Crippen LogP contribution in [0.4, 0.5) is 0 Å². The van der Waals surface area contributed by atoms with E-state index in [-0.39, 0.29) is 0 Å². The van der Waals surface area contributed by atoms with Crippen molar-refractivity contribution in [2.45, 2.75) is 19.3 Å². The van der Waals surface area contributed by atoms with Crippen LogP contribution in [0.2, 0.25) is 0 Å². The lowest BCUT2D eigenvalue weighted by atomic mass is 10.1. The number of aliphatic carboxylic acids is 2. The van der Waals surface area contributed by atoms with Gasteiger partial charge in [-0.25, -0.2) is 9.59 Å². The molecule has 0 aromatic rings. The van der Waals surface area contributed by atoms with E-state index in [1.165, 1.54) is 18.4 Å². The molecule has 0 aromatic carbocycles. The maximum atomic E-state index is 9.10. The summed E-state index contributed by atoms with van der Waals surface area (Å²) in [6.07, 6.45) is 7.87. The lowest BCUT2D eigenvalue weighted by Gasteiger charge is -2.20. The number of hydrogen-bond acceptors (Lipinski definition) is 5. The molecule has 0 spiro atoms. The molecule has 0 atom stereocenters. The fourth-order valence-corrected chi connectivity index (χ4v) is 1.56. The Bertz CT molecular complexity index is 390. The average molecular weight is 284 g/mol. The van der Waals surface area contributed by atoms with Gasteiger partial charge in [-0.15, -0.1) is 0 Å². The molecule has 112 valence electrons. The third kappa shape index (κ3) is 7.52. The zero-order valence-electron chi connectivity index (χ0n) is 11.5. The highest BCUT2D eigenvalue weighted by Gasteiger charge is 2.21. The number of oxime groups is 1. The first-order chi connectivity index (χ1) is 9.49. The molecule has 0 bridgehead atoms. The molecule has 1 aliphatic carbocycles. The second kappa shape index (κ2) is 8.31. The molecule has 0 amide bonds. The highest BCUT2D eigenvalue weighted by molar-refractivity contribution is 6.27. The third-order valence-corrected chi connectivity index (χ3v) is 2.85. The van der Waals surface area contributed by atoms with E-state index in [1.807, 2.05) is 6.21 Å². The van der Waals surface area contributed by atoms with Crippen LogP contribution in [-0.4, -0.2) is 60.0 Å². The SMILES string of the molecule is CN1CCC=C(C=NOCC2CC2)C1.O=C(O)C(=O)O. The molecule has 2 N–H and O–H groups in total. The fourth-order valence-electron chi connectivity index (χ4n) is 1.56. The van der Waals surface area contributed by atoms with Crippen molar-refractivity contribution >= 4 is 18.2 Å². The van der Waals surface area contributed by atoms with Crippen LogP contribution >= 0.6 is 0 Å². The summed E-state index contributed by atoms with van der Waals surface area (Å²) in [5.74, 6) is -2.86. The highest BCUT2D eigenvalue weighted by Crippen LogP contribution is 2.28. The van der Waals surface area contributed by atoms with Crippen LogP contribution in [0.25, 0.3) is 0 Å². The highest BCUT2D eigenvalue weighted by atomic mass is 16.6. The summed E-state index contributed by atoms with van der Waals surface area (Å²) < 4.78 is 0. The summed E-state index contributed by atoms with van der Waals surface area (Å²) in [5.41, 5.74) is 1.27. The van der Waals surface area contributed by atoms with Gasteiger partial charge >= 0.3 is 11.9 Å². The standard InChI is InChI=1S/C11H18N2O.C2H2O4/c1-13-6-2-3-11(8-13)7-12-14-9-10-4-5-10;3-1(4)2(5)6/h3,7,10H,2,4-6,8-9H2,1H3;(H,3,4)(H,5,6). The first-order valence-corrected chi connectivity index (χ1v) is 6.48.